The summed E-state index contributed by atoms with van der Waals surface area (Å²) in [6, 6.07) is 20.1. The van der Waals surface area contributed by atoms with E-state index in [1.54, 1.807) is 53.3 Å². The molecule has 0 aliphatic heterocycles. The Morgan fingerprint density at radius 1 is 0.897 bits per heavy atom. The lowest BCUT2D eigenvalue weighted by Gasteiger charge is -2.28. The molecule has 3 aromatic carbocycles. The minimum atomic E-state index is -0.234. The van der Waals surface area contributed by atoms with Crippen LogP contribution in [0.15, 0.2) is 72.9 Å². The lowest BCUT2D eigenvalue weighted by molar-refractivity contribution is -0.132. The van der Waals surface area contributed by atoms with Crippen LogP contribution in [0.3, 0.4) is 0 Å². The number of nitrogens with one attached hydrogen (secondary N) is 1. The van der Waals surface area contributed by atoms with Crippen molar-refractivity contribution in [1.29, 1.82) is 0 Å². The molecule has 2 amide bonds. The van der Waals surface area contributed by atoms with Crippen LogP contribution < -0.4 is 0 Å². The largest absolute Gasteiger partial charge is 0.385 e. The Bertz CT molecular complexity index is 1420. The Hall–Kier alpha value is -3.03. The van der Waals surface area contributed by atoms with Gasteiger partial charge in [0.1, 0.15) is 6.54 Å². The van der Waals surface area contributed by atoms with E-state index in [2.05, 4.69) is 11.1 Å². The summed E-state index contributed by atoms with van der Waals surface area (Å²) in [6.45, 7) is 1.58. The molecule has 9 heteroatoms. The van der Waals surface area contributed by atoms with Gasteiger partial charge in [-0.15, -0.1) is 0 Å². The van der Waals surface area contributed by atoms with Crippen molar-refractivity contribution in [2.75, 3.05) is 33.4 Å². The van der Waals surface area contributed by atoms with Crippen LogP contribution in [0.2, 0.25) is 15.1 Å². The Labute approximate surface area is 243 Å². The van der Waals surface area contributed by atoms with Gasteiger partial charge in [0.15, 0.2) is 0 Å². The fourth-order valence-corrected chi connectivity index (χ4v) is 4.88. The molecular weight excluding hydrogens is 557 g/mol. The van der Waals surface area contributed by atoms with Gasteiger partial charge in [-0.25, -0.2) is 0 Å². The molecule has 0 radical (unpaired) electrons. The number of H-pyrrole nitrogens is 1. The van der Waals surface area contributed by atoms with Crippen LogP contribution in [-0.2, 0) is 22.5 Å². The third-order valence-electron chi connectivity index (χ3n) is 6.52. The molecule has 39 heavy (non-hydrogen) atoms. The van der Waals surface area contributed by atoms with E-state index >= 15 is 0 Å². The highest BCUT2D eigenvalue weighted by molar-refractivity contribution is 6.42. The van der Waals surface area contributed by atoms with E-state index in [-0.39, 0.29) is 18.4 Å². The molecule has 0 bridgehead atoms. The van der Waals surface area contributed by atoms with Gasteiger partial charge in [0.25, 0.3) is 5.91 Å². The fourth-order valence-electron chi connectivity index (χ4n) is 4.43. The number of carbonyl (C=O) groups is 2. The number of aromatic nitrogens is 1. The molecule has 1 heterocycles. The van der Waals surface area contributed by atoms with Crippen molar-refractivity contribution in [3.63, 3.8) is 0 Å². The molecule has 0 aliphatic rings. The summed E-state index contributed by atoms with van der Waals surface area (Å²) in [4.78, 5) is 33.8. The predicted octanol–water partition coefficient (Wildman–Crippen LogP) is 6.88. The topological polar surface area (TPSA) is 65.6 Å². The molecule has 4 aromatic rings. The first-order valence-electron chi connectivity index (χ1n) is 12.7. The number of benzene rings is 3. The maximum atomic E-state index is 13.8. The first kappa shape index (κ1) is 29.0. The zero-order chi connectivity index (χ0) is 27.8. The lowest BCUT2D eigenvalue weighted by Crippen LogP contribution is -2.44. The predicted molar refractivity (Wildman–Crippen MR) is 158 cm³/mol. The number of ether oxygens (including phenoxy) is 1. The van der Waals surface area contributed by atoms with Crippen molar-refractivity contribution in [3.8, 4) is 0 Å². The van der Waals surface area contributed by atoms with E-state index in [1.165, 1.54) is 0 Å². The van der Waals surface area contributed by atoms with Gasteiger partial charge in [0, 0.05) is 61.0 Å². The molecule has 1 N–H and O–H groups in total. The number of carbonyl (C=O) groups excluding carboxylic acids is 2. The minimum absolute atomic E-state index is 0.0691. The van der Waals surface area contributed by atoms with Crippen molar-refractivity contribution in [1.82, 2.24) is 14.8 Å². The number of fused-ring (bicyclic) bond motifs is 1. The normalized spacial score (nSPS) is 11.1. The summed E-state index contributed by atoms with van der Waals surface area (Å²) in [5.41, 5.74) is 3.49. The van der Waals surface area contributed by atoms with Crippen LogP contribution in [-0.4, -0.2) is 59.9 Å². The van der Waals surface area contributed by atoms with E-state index in [1.807, 2.05) is 30.5 Å². The van der Waals surface area contributed by atoms with Gasteiger partial charge in [-0.05, 0) is 66.4 Å². The smallest absolute Gasteiger partial charge is 0.254 e. The van der Waals surface area contributed by atoms with Crippen molar-refractivity contribution in [2.45, 2.75) is 19.4 Å². The molecule has 0 atom stereocenters. The number of nitrogens with zero attached hydrogens (tertiary/aromatic N) is 2. The molecule has 0 fully saturated rings. The minimum Gasteiger partial charge on any atom is -0.385 e. The highest BCUT2D eigenvalue weighted by atomic mass is 35.5. The first-order valence-corrected chi connectivity index (χ1v) is 13.8. The lowest BCUT2D eigenvalue weighted by atomic mass is 10.1. The number of methoxy groups -OCH3 is 1. The van der Waals surface area contributed by atoms with Crippen molar-refractivity contribution in [3.05, 3.63) is 105 Å². The van der Waals surface area contributed by atoms with Gasteiger partial charge in [0.05, 0.1) is 10.0 Å². The number of para-hydroxylation sites is 1. The van der Waals surface area contributed by atoms with Crippen LogP contribution in [0.5, 0.6) is 0 Å². The number of halogens is 3. The summed E-state index contributed by atoms with van der Waals surface area (Å²) in [5.74, 6) is -0.400. The van der Waals surface area contributed by atoms with Crippen molar-refractivity contribution in [2.24, 2.45) is 0 Å². The molecule has 0 saturated heterocycles. The third-order valence-corrected chi connectivity index (χ3v) is 7.51. The number of hydrogen-bond donors (Lipinski definition) is 1. The summed E-state index contributed by atoms with van der Waals surface area (Å²) in [6.07, 6.45) is 3.23. The van der Waals surface area contributed by atoms with Crippen LogP contribution >= 0.6 is 34.8 Å². The zero-order valence-corrected chi connectivity index (χ0v) is 23.9. The molecule has 1 aromatic heterocycles. The molecule has 6 nitrogen and oxygen atoms in total. The third kappa shape index (κ3) is 7.76. The first-order chi connectivity index (χ1) is 18.9. The quantitative estimate of drug-likeness (QED) is 0.184. The maximum Gasteiger partial charge on any atom is 0.254 e. The second kappa shape index (κ2) is 13.9. The molecule has 0 aliphatic carbocycles. The Kier molecular flexibility index (Phi) is 10.3. The number of amides is 2. The van der Waals surface area contributed by atoms with Crippen LogP contribution in [0.1, 0.15) is 27.9 Å². The summed E-state index contributed by atoms with van der Waals surface area (Å²) >= 11 is 18.4. The van der Waals surface area contributed by atoms with Gasteiger partial charge < -0.3 is 19.5 Å². The SMILES string of the molecule is COCCCN(CC(=O)N(CCc1c[nH]c2ccccc12)Cc1ccc(Cl)c(Cl)c1)C(=O)c1ccc(Cl)cc1. The zero-order valence-electron chi connectivity index (χ0n) is 21.6. The highest BCUT2D eigenvalue weighted by Crippen LogP contribution is 2.24. The van der Waals surface area contributed by atoms with Gasteiger partial charge in [-0.3, -0.25) is 9.59 Å². The number of hydrogen-bond acceptors (Lipinski definition) is 3. The van der Waals surface area contributed by atoms with E-state index in [0.717, 1.165) is 22.0 Å². The van der Waals surface area contributed by atoms with Crippen LogP contribution in [0.4, 0.5) is 0 Å². The monoisotopic (exact) mass is 585 g/mol. The second-order valence-corrected chi connectivity index (χ2v) is 10.5. The van der Waals surface area contributed by atoms with Gasteiger partial charge in [-0.1, -0.05) is 59.1 Å². The maximum absolute atomic E-state index is 13.8. The Balaban J connectivity index is 1.55. The molecule has 0 spiro atoms. The molecule has 204 valence electrons. The Morgan fingerprint density at radius 2 is 1.67 bits per heavy atom. The molecule has 4 rings (SSSR count). The van der Waals surface area contributed by atoms with Crippen molar-refractivity contribution < 1.29 is 14.3 Å². The van der Waals surface area contributed by atoms with Gasteiger partial charge in [-0.2, -0.15) is 0 Å². The van der Waals surface area contributed by atoms with Gasteiger partial charge in [0.2, 0.25) is 5.91 Å². The molecule has 0 unspecified atom stereocenters. The summed E-state index contributed by atoms with van der Waals surface area (Å²) in [7, 11) is 1.61. The number of aromatic amines is 1. The summed E-state index contributed by atoms with van der Waals surface area (Å²) in [5, 5.41) is 2.55. The summed E-state index contributed by atoms with van der Waals surface area (Å²) < 4.78 is 5.18. The average molecular weight is 587 g/mol. The van der Waals surface area contributed by atoms with E-state index in [4.69, 9.17) is 39.5 Å². The molecule has 0 saturated carbocycles. The Morgan fingerprint density at radius 3 is 2.41 bits per heavy atom. The van der Waals surface area contributed by atoms with Gasteiger partial charge >= 0.3 is 0 Å². The van der Waals surface area contributed by atoms with Crippen molar-refractivity contribution >= 4 is 57.5 Å². The van der Waals surface area contributed by atoms with Crippen LogP contribution in [0.25, 0.3) is 10.9 Å². The fraction of sp³-hybridized carbons (Fsp3) is 0.267. The van der Waals surface area contributed by atoms with Crippen LogP contribution in [0, 0.1) is 0 Å². The van der Waals surface area contributed by atoms with E-state index < -0.39 is 0 Å². The number of rotatable bonds is 12. The highest BCUT2D eigenvalue weighted by Gasteiger charge is 2.23. The van der Waals surface area contributed by atoms with E-state index in [9.17, 15) is 9.59 Å². The van der Waals surface area contributed by atoms with E-state index in [0.29, 0.717) is 59.7 Å². The second-order valence-electron chi connectivity index (χ2n) is 9.25. The molecular formula is C30H30Cl3N3O3. The average Bonchev–Trinajstić information content (AvgIpc) is 3.35. The standard InChI is InChI=1S/C30H30Cl3N3O3/c1-39-16-4-14-36(30(38)22-8-10-24(31)11-9-22)20-29(37)35(19-21-7-12-26(32)27(33)17-21)15-13-23-18-34-28-6-3-2-5-25(23)28/h2-3,5-12,17-18,34H,4,13-16,19-20H2,1H3.